The van der Waals surface area contributed by atoms with Crippen LogP contribution in [0, 0.1) is 0 Å². The molecule has 0 saturated carbocycles. The van der Waals surface area contributed by atoms with Gasteiger partial charge in [0.05, 0.1) is 12.2 Å². The Morgan fingerprint density at radius 1 is 1.14 bits per heavy atom. The van der Waals surface area contributed by atoms with Gasteiger partial charge >= 0.3 is 17.9 Å². The molecule has 0 radical (unpaired) electrons. The highest BCUT2D eigenvalue weighted by Gasteiger charge is 2.46. The smallest absolute Gasteiger partial charge is 0.371 e. The molecule has 0 aliphatic carbocycles. The summed E-state index contributed by atoms with van der Waals surface area (Å²) in [6, 6.07) is 6.45. The first-order valence-electron chi connectivity index (χ1n) is 6.90. The van der Waals surface area contributed by atoms with Crippen LogP contribution >= 0.6 is 7.60 Å². The van der Waals surface area contributed by atoms with Crippen LogP contribution in [-0.2, 0) is 23.9 Å². The van der Waals surface area contributed by atoms with Gasteiger partial charge in [-0.05, 0) is 33.8 Å². The minimum atomic E-state index is -4.08. The van der Waals surface area contributed by atoms with E-state index in [-0.39, 0.29) is 5.75 Å². The number of nitrogens with one attached hydrogen (secondary N) is 1. The summed E-state index contributed by atoms with van der Waals surface area (Å²) in [5, 5.41) is 0. The highest BCUT2D eigenvalue weighted by Crippen LogP contribution is 2.63. The van der Waals surface area contributed by atoms with Crippen molar-refractivity contribution in [2.75, 3.05) is 0 Å². The van der Waals surface area contributed by atoms with E-state index >= 15 is 0 Å². The van der Waals surface area contributed by atoms with Gasteiger partial charge in [-0.3, -0.25) is 4.57 Å². The van der Waals surface area contributed by atoms with E-state index in [4.69, 9.17) is 13.2 Å². The number of hydrogen-bond acceptors (Lipinski definition) is 6. The lowest BCUT2D eigenvalue weighted by atomic mass is 10.2. The molecule has 1 aromatic carbocycles. The van der Waals surface area contributed by atoms with Crippen LogP contribution in [0.1, 0.15) is 39.0 Å². The summed E-state index contributed by atoms with van der Waals surface area (Å²) in [4.78, 5) is 0. The quantitative estimate of drug-likeness (QED) is 0.822. The van der Waals surface area contributed by atoms with Gasteiger partial charge in [-0.15, -0.1) is 0 Å². The zero-order valence-electron chi connectivity index (χ0n) is 12.8. The molecule has 0 fully saturated rings. The van der Waals surface area contributed by atoms with E-state index in [2.05, 4.69) is 4.72 Å². The van der Waals surface area contributed by atoms with Crippen molar-refractivity contribution in [1.82, 2.24) is 4.72 Å². The average Bonchev–Trinajstić information content (AvgIpc) is 2.34. The highest BCUT2D eigenvalue weighted by atomic mass is 32.2. The molecule has 1 atom stereocenters. The Labute approximate surface area is 130 Å². The fourth-order valence-electron chi connectivity index (χ4n) is 2.09. The Kier molecular flexibility index (Phi) is 4.99. The number of hydrogen-bond donors (Lipinski definition) is 1. The third-order valence-electron chi connectivity index (χ3n) is 2.70. The summed E-state index contributed by atoms with van der Waals surface area (Å²) in [5.41, 5.74) is 0.418. The largest absolute Gasteiger partial charge is 0.383 e. The molecule has 1 aromatic rings. The second-order valence-corrected chi connectivity index (χ2v) is 8.77. The Morgan fingerprint density at radius 2 is 1.68 bits per heavy atom. The van der Waals surface area contributed by atoms with E-state index in [9.17, 15) is 13.0 Å². The van der Waals surface area contributed by atoms with Crippen molar-refractivity contribution in [3.63, 3.8) is 0 Å². The lowest BCUT2D eigenvalue weighted by Gasteiger charge is -2.33. The Morgan fingerprint density at radius 3 is 2.23 bits per heavy atom. The lowest BCUT2D eigenvalue weighted by Crippen LogP contribution is -2.37. The Balaban J connectivity index is 2.53. The summed E-state index contributed by atoms with van der Waals surface area (Å²) < 4.78 is 55.1. The molecule has 2 rings (SSSR count). The van der Waals surface area contributed by atoms with Gasteiger partial charge in [-0.1, -0.05) is 18.2 Å². The van der Waals surface area contributed by atoms with E-state index in [0.29, 0.717) is 5.56 Å². The first-order valence-corrected chi connectivity index (χ1v) is 9.92. The van der Waals surface area contributed by atoms with Crippen LogP contribution in [-0.4, -0.2) is 20.6 Å². The maximum atomic E-state index is 13.2. The van der Waals surface area contributed by atoms with E-state index in [1.807, 2.05) is 0 Å². The molecule has 1 aliphatic rings. The first kappa shape index (κ1) is 17.4. The minimum Gasteiger partial charge on any atom is -0.371 e. The summed E-state index contributed by atoms with van der Waals surface area (Å²) in [7, 11) is -7.87. The molecular formula is C13H20NO6PS. The number of benzene rings is 1. The zero-order valence-corrected chi connectivity index (χ0v) is 14.6. The third kappa shape index (κ3) is 3.88. The molecule has 1 N–H and O–H groups in total. The van der Waals surface area contributed by atoms with Crippen molar-refractivity contribution >= 4 is 17.9 Å². The van der Waals surface area contributed by atoms with Gasteiger partial charge < -0.3 is 13.2 Å². The van der Waals surface area contributed by atoms with Gasteiger partial charge in [0.2, 0.25) is 0 Å². The third-order valence-corrected chi connectivity index (χ3v) is 6.27. The second-order valence-electron chi connectivity index (χ2n) is 5.44. The fourth-order valence-corrected chi connectivity index (χ4v) is 5.86. The average molecular weight is 349 g/mol. The molecular weight excluding hydrogens is 329 g/mol. The van der Waals surface area contributed by atoms with Crippen LogP contribution in [0.3, 0.4) is 0 Å². The Hall–Kier alpha value is -0.920. The predicted molar refractivity (Wildman–Crippen MR) is 81.9 cm³/mol. The molecule has 0 aromatic heterocycles. The van der Waals surface area contributed by atoms with Crippen molar-refractivity contribution in [3.05, 3.63) is 29.8 Å². The summed E-state index contributed by atoms with van der Waals surface area (Å²) in [6.45, 7) is 6.82. The summed E-state index contributed by atoms with van der Waals surface area (Å²) in [5.74, 6) is -1.03. The van der Waals surface area contributed by atoms with Gasteiger partial charge in [-0.2, -0.15) is 13.1 Å². The number of para-hydroxylation sites is 1. The molecule has 0 spiro atoms. The van der Waals surface area contributed by atoms with Crippen molar-refractivity contribution in [2.24, 2.45) is 0 Å². The standard InChI is InChI=1S/C13H20NO6PS/c1-9(2)18-21(15,19-10(3)4)13-11-7-5-6-8-12(11)20-22(16,17)14-13/h5-10,13-14H,1-4H3. The van der Waals surface area contributed by atoms with Crippen molar-refractivity contribution in [1.29, 1.82) is 0 Å². The van der Waals surface area contributed by atoms with E-state index in [1.165, 1.54) is 6.07 Å². The molecule has 9 heteroatoms. The molecule has 7 nitrogen and oxygen atoms in total. The lowest BCUT2D eigenvalue weighted by molar-refractivity contribution is 0.134. The molecule has 0 amide bonds. The van der Waals surface area contributed by atoms with Gasteiger partial charge in [-0.25, -0.2) is 0 Å². The van der Waals surface area contributed by atoms with Crippen LogP contribution in [0.5, 0.6) is 5.75 Å². The van der Waals surface area contributed by atoms with Gasteiger partial charge in [0, 0.05) is 5.56 Å². The molecule has 1 aliphatic heterocycles. The maximum Gasteiger partial charge on any atom is 0.383 e. The normalized spacial score (nSPS) is 20.7. The molecule has 0 bridgehead atoms. The van der Waals surface area contributed by atoms with Crippen LogP contribution < -0.4 is 8.91 Å². The molecule has 124 valence electrons. The number of fused-ring (bicyclic) bond motifs is 1. The summed E-state index contributed by atoms with van der Waals surface area (Å²) in [6.07, 6.45) is -0.798. The van der Waals surface area contributed by atoms with Crippen molar-refractivity contribution in [2.45, 2.75) is 45.7 Å². The second kappa shape index (κ2) is 6.29. The number of rotatable bonds is 5. The van der Waals surface area contributed by atoms with Gasteiger partial charge in [0.15, 0.2) is 5.78 Å². The fraction of sp³-hybridized carbons (Fsp3) is 0.538. The molecule has 0 saturated heterocycles. The monoisotopic (exact) mass is 349 g/mol. The topological polar surface area (TPSA) is 90.9 Å². The minimum absolute atomic E-state index is 0.117. The van der Waals surface area contributed by atoms with Gasteiger partial charge in [0.25, 0.3) is 0 Å². The van der Waals surface area contributed by atoms with Crippen LogP contribution in [0.4, 0.5) is 0 Å². The van der Waals surface area contributed by atoms with Crippen molar-refractivity contribution in [3.8, 4) is 5.75 Å². The highest BCUT2D eigenvalue weighted by molar-refractivity contribution is 7.85. The van der Waals surface area contributed by atoms with Gasteiger partial charge in [0.1, 0.15) is 5.75 Å². The Bertz CT molecular complexity index is 674. The molecule has 1 heterocycles. The zero-order chi connectivity index (χ0) is 16.5. The van der Waals surface area contributed by atoms with Crippen LogP contribution in [0.2, 0.25) is 0 Å². The first-order chi connectivity index (χ1) is 10.1. The molecule has 1 unspecified atom stereocenters. The van der Waals surface area contributed by atoms with E-state index < -0.39 is 35.9 Å². The van der Waals surface area contributed by atoms with E-state index in [1.54, 1.807) is 45.9 Å². The van der Waals surface area contributed by atoms with Crippen LogP contribution in [0.15, 0.2) is 24.3 Å². The molecule has 22 heavy (non-hydrogen) atoms. The van der Waals surface area contributed by atoms with E-state index in [0.717, 1.165) is 0 Å². The summed E-state index contributed by atoms with van der Waals surface area (Å²) >= 11 is 0. The van der Waals surface area contributed by atoms with Crippen LogP contribution in [0.25, 0.3) is 0 Å². The SMILES string of the molecule is CC(C)OP(=O)(OC(C)C)C1NS(=O)(=O)Oc2ccccc21. The maximum absolute atomic E-state index is 13.2. The predicted octanol–water partition coefficient (Wildman–Crippen LogP) is 2.96. The van der Waals surface area contributed by atoms with Crippen molar-refractivity contribution < 1.29 is 26.2 Å².